The number of hydrogen-bond donors (Lipinski definition) is 1. The molecular weight excluding hydrogens is 240 g/mol. The predicted molar refractivity (Wildman–Crippen MR) is 78.2 cm³/mol. The van der Waals surface area contributed by atoms with Crippen LogP contribution in [-0.4, -0.2) is 48.2 Å². The highest BCUT2D eigenvalue weighted by Gasteiger charge is 2.48. The third-order valence-corrected chi connectivity index (χ3v) is 4.13. The van der Waals surface area contributed by atoms with Crippen molar-refractivity contribution >= 4 is 5.97 Å². The highest BCUT2D eigenvalue weighted by molar-refractivity contribution is 5.81. The Hall–Kier alpha value is -0.610. The van der Waals surface area contributed by atoms with E-state index in [0.717, 1.165) is 25.8 Å². The van der Waals surface area contributed by atoms with Crippen molar-refractivity contribution in [1.29, 1.82) is 0 Å². The lowest BCUT2D eigenvalue weighted by Crippen LogP contribution is -2.54. The summed E-state index contributed by atoms with van der Waals surface area (Å²) in [5.41, 5.74) is -0.490. The molecule has 1 aliphatic carbocycles. The van der Waals surface area contributed by atoms with Gasteiger partial charge in [-0.05, 0) is 53.5 Å². The fourth-order valence-corrected chi connectivity index (χ4v) is 3.47. The second-order valence-electron chi connectivity index (χ2n) is 6.19. The molecule has 1 N–H and O–H groups in total. The van der Waals surface area contributed by atoms with Gasteiger partial charge in [0.1, 0.15) is 5.54 Å². The number of esters is 1. The molecule has 0 amide bonds. The van der Waals surface area contributed by atoms with Crippen LogP contribution in [0.2, 0.25) is 0 Å². The molecular formula is C15H30N2O2. The first-order valence-electron chi connectivity index (χ1n) is 7.48. The molecule has 0 aromatic carbocycles. The van der Waals surface area contributed by atoms with Crippen molar-refractivity contribution in [2.24, 2.45) is 0 Å². The third-order valence-electron chi connectivity index (χ3n) is 4.13. The fraction of sp³-hybridized carbons (Fsp3) is 0.933. The maximum absolute atomic E-state index is 12.2. The molecule has 0 heterocycles. The first-order valence-corrected chi connectivity index (χ1v) is 7.48. The molecule has 0 saturated heterocycles. The Bertz CT molecular complexity index is 305. The number of carbonyl (C=O) groups is 1. The van der Waals surface area contributed by atoms with E-state index in [-0.39, 0.29) is 12.0 Å². The van der Waals surface area contributed by atoms with Gasteiger partial charge in [0, 0.05) is 18.1 Å². The normalized spacial score (nSPS) is 27.5. The van der Waals surface area contributed by atoms with Crippen LogP contribution < -0.4 is 5.32 Å². The summed E-state index contributed by atoms with van der Waals surface area (Å²) in [5, 5.41) is 3.45. The van der Waals surface area contributed by atoms with Crippen LogP contribution in [0.25, 0.3) is 0 Å². The number of methoxy groups -OCH3 is 1. The predicted octanol–water partition coefficient (Wildman–Crippen LogP) is 2.18. The SMILES string of the molecule is CCN(C(C)C)C1CCC(NC(C)C)(C(=O)OC)C1. The molecule has 19 heavy (non-hydrogen) atoms. The molecule has 4 nitrogen and oxygen atoms in total. The number of carbonyl (C=O) groups excluding carboxylic acids is 1. The van der Waals surface area contributed by atoms with Crippen LogP contribution in [-0.2, 0) is 9.53 Å². The molecule has 0 radical (unpaired) electrons. The lowest BCUT2D eigenvalue weighted by atomic mass is 9.95. The summed E-state index contributed by atoms with van der Waals surface area (Å²) in [6.07, 6.45) is 2.77. The van der Waals surface area contributed by atoms with Crippen LogP contribution in [0.1, 0.15) is 53.9 Å². The molecule has 0 spiro atoms. The highest BCUT2D eigenvalue weighted by atomic mass is 16.5. The Balaban J connectivity index is 2.84. The minimum atomic E-state index is -0.490. The van der Waals surface area contributed by atoms with E-state index in [1.807, 2.05) is 0 Å². The van der Waals surface area contributed by atoms with E-state index < -0.39 is 5.54 Å². The quantitative estimate of drug-likeness (QED) is 0.751. The van der Waals surface area contributed by atoms with Crippen molar-refractivity contribution in [2.75, 3.05) is 13.7 Å². The second kappa shape index (κ2) is 6.71. The summed E-state index contributed by atoms with van der Waals surface area (Å²) in [4.78, 5) is 14.7. The zero-order valence-corrected chi connectivity index (χ0v) is 13.3. The summed E-state index contributed by atoms with van der Waals surface area (Å²) in [6, 6.07) is 1.27. The Morgan fingerprint density at radius 1 is 1.42 bits per heavy atom. The van der Waals surface area contributed by atoms with E-state index in [4.69, 9.17) is 4.74 Å². The Labute approximate surface area is 117 Å². The molecule has 1 saturated carbocycles. The molecule has 0 aliphatic heterocycles. The molecule has 112 valence electrons. The molecule has 1 aliphatic rings. The van der Waals surface area contributed by atoms with Gasteiger partial charge in [0.15, 0.2) is 0 Å². The number of nitrogens with one attached hydrogen (secondary N) is 1. The van der Waals surface area contributed by atoms with E-state index in [1.165, 1.54) is 7.11 Å². The van der Waals surface area contributed by atoms with Crippen molar-refractivity contribution in [2.45, 2.75) is 77.5 Å². The van der Waals surface area contributed by atoms with Crippen molar-refractivity contribution in [3.8, 4) is 0 Å². The van der Waals surface area contributed by atoms with E-state index in [1.54, 1.807) is 0 Å². The van der Waals surface area contributed by atoms with Crippen LogP contribution in [0, 0.1) is 0 Å². The topological polar surface area (TPSA) is 41.6 Å². The van der Waals surface area contributed by atoms with Gasteiger partial charge in [-0.3, -0.25) is 15.0 Å². The van der Waals surface area contributed by atoms with E-state index in [2.05, 4.69) is 44.8 Å². The average molecular weight is 270 g/mol. The summed E-state index contributed by atoms with van der Waals surface area (Å²) in [5.74, 6) is -0.108. The van der Waals surface area contributed by atoms with Gasteiger partial charge < -0.3 is 4.74 Å². The van der Waals surface area contributed by atoms with E-state index in [0.29, 0.717) is 12.1 Å². The first-order chi connectivity index (χ1) is 8.86. The number of rotatable bonds is 6. The zero-order chi connectivity index (χ0) is 14.6. The maximum Gasteiger partial charge on any atom is 0.326 e. The fourth-order valence-electron chi connectivity index (χ4n) is 3.47. The van der Waals surface area contributed by atoms with Gasteiger partial charge in [0.05, 0.1) is 7.11 Å². The molecule has 0 aromatic heterocycles. The zero-order valence-electron chi connectivity index (χ0n) is 13.3. The highest BCUT2D eigenvalue weighted by Crippen LogP contribution is 2.35. The summed E-state index contributed by atoms with van der Waals surface area (Å²) >= 11 is 0. The molecule has 2 unspecified atom stereocenters. The van der Waals surface area contributed by atoms with Crippen molar-refractivity contribution in [1.82, 2.24) is 10.2 Å². The van der Waals surface area contributed by atoms with Crippen LogP contribution in [0.15, 0.2) is 0 Å². The Kier molecular flexibility index (Phi) is 5.81. The van der Waals surface area contributed by atoms with E-state index >= 15 is 0 Å². The first kappa shape index (κ1) is 16.4. The van der Waals surface area contributed by atoms with Crippen molar-refractivity contribution in [3.63, 3.8) is 0 Å². The van der Waals surface area contributed by atoms with Gasteiger partial charge in [-0.1, -0.05) is 6.92 Å². The lowest BCUT2D eigenvalue weighted by molar-refractivity contribution is -0.149. The minimum absolute atomic E-state index is 0.108. The molecule has 1 rings (SSSR count). The summed E-state index contributed by atoms with van der Waals surface area (Å²) < 4.78 is 5.04. The Morgan fingerprint density at radius 2 is 2.05 bits per heavy atom. The molecule has 2 atom stereocenters. The molecule has 4 heteroatoms. The monoisotopic (exact) mass is 270 g/mol. The van der Waals surface area contributed by atoms with Crippen LogP contribution in [0.3, 0.4) is 0 Å². The number of ether oxygens (including phenoxy) is 1. The van der Waals surface area contributed by atoms with Gasteiger partial charge in [-0.15, -0.1) is 0 Å². The number of hydrogen-bond acceptors (Lipinski definition) is 4. The van der Waals surface area contributed by atoms with E-state index in [9.17, 15) is 4.79 Å². The largest absolute Gasteiger partial charge is 0.468 e. The smallest absolute Gasteiger partial charge is 0.326 e. The number of nitrogens with zero attached hydrogens (tertiary/aromatic N) is 1. The van der Waals surface area contributed by atoms with Gasteiger partial charge >= 0.3 is 5.97 Å². The van der Waals surface area contributed by atoms with Crippen LogP contribution >= 0.6 is 0 Å². The standard InChI is InChI=1S/C15H30N2O2/c1-7-17(12(4)5)13-8-9-15(10-13,14(18)19-6)16-11(2)3/h11-13,16H,7-10H2,1-6H3. The van der Waals surface area contributed by atoms with Gasteiger partial charge in [-0.25, -0.2) is 0 Å². The van der Waals surface area contributed by atoms with Crippen LogP contribution in [0.5, 0.6) is 0 Å². The average Bonchev–Trinajstić information content (AvgIpc) is 2.73. The Morgan fingerprint density at radius 3 is 2.47 bits per heavy atom. The summed E-state index contributed by atoms with van der Waals surface area (Å²) in [7, 11) is 1.49. The lowest BCUT2D eigenvalue weighted by Gasteiger charge is -2.34. The third kappa shape index (κ3) is 3.69. The van der Waals surface area contributed by atoms with Gasteiger partial charge in [-0.2, -0.15) is 0 Å². The summed E-state index contributed by atoms with van der Waals surface area (Å²) in [6.45, 7) is 11.8. The minimum Gasteiger partial charge on any atom is -0.468 e. The van der Waals surface area contributed by atoms with Gasteiger partial charge in [0.25, 0.3) is 0 Å². The van der Waals surface area contributed by atoms with Crippen molar-refractivity contribution in [3.05, 3.63) is 0 Å². The molecule has 0 aromatic rings. The molecule has 0 bridgehead atoms. The second-order valence-corrected chi connectivity index (χ2v) is 6.19. The molecule has 1 fully saturated rings. The van der Waals surface area contributed by atoms with Crippen molar-refractivity contribution < 1.29 is 9.53 Å². The van der Waals surface area contributed by atoms with Gasteiger partial charge in [0.2, 0.25) is 0 Å². The maximum atomic E-state index is 12.2. The van der Waals surface area contributed by atoms with Crippen LogP contribution in [0.4, 0.5) is 0 Å².